The highest BCUT2D eigenvalue weighted by atomic mass is 16.1. The summed E-state index contributed by atoms with van der Waals surface area (Å²) in [6.07, 6.45) is 6.83. The number of anilines is 1. The quantitative estimate of drug-likeness (QED) is 0.899. The van der Waals surface area contributed by atoms with E-state index in [1.807, 2.05) is 16.8 Å². The monoisotopic (exact) mass is 261 g/mol. The molecule has 0 aromatic carbocycles. The van der Waals surface area contributed by atoms with Crippen molar-refractivity contribution in [2.24, 2.45) is 0 Å². The Morgan fingerprint density at radius 2 is 2.21 bits per heavy atom. The van der Waals surface area contributed by atoms with E-state index in [1.165, 1.54) is 32.4 Å². The Morgan fingerprint density at radius 3 is 3.05 bits per heavy atom. The average Bonchev–Trinajstić information content (AvgIpc) is 2.99. The van der Waals surface area contributed by atoms with Gasteiger partial charge in [0.15, 0.2) is 0 Å². The van der Waals surface area contributed by atoms with Crippen LogP contribution in [-0.4, -0.2) is 34.6 Å². The topological polar surface area (TPSA) is 37.3 Å². The molecule has 0 aliphatic carbocycles. The molecule has 4 nitrogen and oxygen atoms in total. The molecule has 0 saturated carbocycles. The molecule has 104 valence electrons. The van der Waals surface area contributed by atoms with E-state index in [9.17, 15) is 4.79 Å². The Hall–Kier alpha value is -1.29. The fraction of sp³-hybridized carbons (Fsp3) is 0.667. The minimum absolute atomic E-state index is 0.0984. The van der Waals surface area contributed by atoms with Crippen molar-refractivity contribution in [3.8, 4) is 0 Å². The molecule has 0 spiro atoms. The summed E-state index contributed by atoms with van der Waals surface area (Å²) in [7, 11) is 0. The van der Waals surface area contributed by atoms with Crippen molar-refractivity contribution < 1.29 is 0 Å². The van der Waals surface area contributed by atoms with Gasteiger partial charge in [0, 0.05) is 37.4 Å². The lowest BCUT2D eigenvalue weighted by Gasteiger charge is -2.22. The van der Waals surface area contributed by atoms with Crippen molar-refractivity contribution in [3.63, 3.8) is 0 Å². The molecule has 0 amide bonds. The number of nitrogens with one attached hydrogen (secondary N) is 1. The highest BCUT2D eigenvalue weighted by Crippen LogP contribution is 2.29. The number of aromatic nitrogens is 1. The summed E-state index contributed by atoms with van der Waals surface area (Å²) < 4.78 is 1.81. The lowest BCUT2D eigenvalue weighted by molar-refractivity contribution is 0.318. The molecule has 2 saturated heterocycles. The average molecular weight is 261 g/mol. The van der Waals surface area contributed by atoms with Gasteiger partial charge in [-0.15, -0.1) is 0 Å². The summed E-state index contributed by atoms with van der Waals surface area (Å²) in [5, 5.41) is 3.64. The SMILES string of the molecule is CCCn1cc(NC2CCN3CCCC23)ccc1=O. The van der Waals surface area contributed by atoms with E-state index in [2.05, 4.69) is 17.1 Å². The van der Waals surface area contributed by atoms with Crippen molar-refractivity contribution in [3.05, 3.63) is 28.7 Å². The molecule has 19 heavy (non-hydrogen) atoms. The van der Waals surface area contributed by atoms with Gasteiger partial charge in [0.25, 0.3) is 5.56 Å². The molecule has 3 heterocycles. The Kier molecular flexibility index (Phi) is 3.60. The Bertz CT molecular complexity index is 496. The first-order valence-electron chi connectivity index (χ1n) is 7.49. The van der Waals surface area contributed by atoms with Gasteiger partial charge in [-0.05, 0) is 38.3 Å². The Balaban J connectivity index is 1.73. The number of hydrogen-bond donors (Lipinski definition) is 1. The van der Waals surface area contributed by atoms with E-state index in [0.29, 0.717) is 12.1 Å². The first kappa shape index (κ1) is 12.7. The van der Waals surface area contributed by atoms with Crippen molar-refractivity contribution in [1.29, 1.82) is 0 Å². The zero-order chi connectivity index (χ0) is 13.2. The lowest BCUT2D eigenvalue weighted by Crippen LogP contribution is -2.34. The van der Waals surface area contributed by atoms with Gasteiger partial charge < -0.3 is 9.88 Å². The van der Waals surface area contributed by atoms with Gasteiger partial charge in [0.2, 0.25) is 0 Å². The van der Waals surface area contributed by atoms with E-state index < -0.39 is 0 Å². The Morgan fingerprint density at radius 1 is 1.32 bits per heavy atom. The molecule has 4 heteroatoms. The molecule has 2 atom stereocenters. The van der Waals surface area contributed by atoms with Crippen LogP contribution in [0.2, 0.25) is 0 Å². The third-order valence-corrected chi connectivity index (χ3v) is 4.41. The molecule has 1 aromatic heterocycles. The third-order valence-electron chi connectivity index (χ3n) is 4.41. The van der Waals surface area contributed by atoms with Gasteiger partial charge in [0.1, 0.15) is 0 Å². The van der Waals surface area contributed by atoms with Crippen LogP contribution in [0.3, 0.4) is 0 Å². The maximum Gasteiger partial charge on any atom is 0.250 e. The van der Waals surface area contributed by atoms with Gasteiger partial charge in [0.05, 0.1) is 5.69 Å². The highest BCUT2D eigenvalue weighted by molar-refractivity contribution is 5.42. The molecule has 2 fully saturated rings. The summed E-state index contributed by atoms with van der Waals surface area (Å²) in [5.74, 6) is 0. The largest absolute Gasteiger partial charge is 0.379 e. The number of fused-ring (bicyclic) bond motifs is 1. The van der Waals surface area contributed by atoms with Gasteiger partial charge in [-0.1, -0.05) is 6.92 Å². The van der Waals surface area contributed by atoms with Crippen LogP contribution in [0.4, 0.5) is 5.69 Å². The van der Waals surface area contributed by atoms with Crippen molar-refractivity contribution in [1.82, 2.24) is 9.47 Å². The summed E-state index contributed by atoms with van der Waals surface area (Å²) in [4.78, 5) is 14.3. The molecule has 3 rings (SSSR count). The standard InChI is InChI=1S/C15H23N3O/c1-2-8-18-11-12(5-6-15(18)19)16-13-7-10-17-9-3-4-14(13)17/h5-6,11,13-14,16H,2-4,7-10H2,1H3. The summed E-state index contributed by atoms with van der Waals surface area (Å²) in [5.41, 5.74) is 1.19. The van der Waals surface area contributed by atoms with Gasteiger partial charge in [-0.3, -0.25) is 9.69 Å². The predicted molar refractivity (Wildman–Crippen MR) is 77.6 cm³/mol. The maximum absolute atomic E-state index is 11.7. The second kappa shape index (κ2) is 5.37. The molecule has 1 N–H and O–H groups in total. The molecule has 2 unspecified atom stereocenters. The fourth-order valence-electron chi connectivity index (χ4n) is 3.50. The molecule has 1 aromatic rings. The second-order valence-electron chi connectivity index (χ2n) is 5.73. The molecular formula is C15H23N3O. The van der Waals surface area contributed by atoms with Crippen LogP contribution in [0.25, 0.3) is 0 Å². The molecular weight excluding hydrogens is 238 g/mol. The maximum atomic E-state index is 11.7. The highest BCUT2D eigenvalue weighted by Gasteiger charge is 2.36. The number of pyridine rings is 1. The second-order valence-corrected chi connectivity index (χ2v) is 5.73. The summed E-state index contributed by atoms with van der Waals surface area (Å²) >= 11 is 0. The number of aryl methyl sites for hydroxylation is 1. The molecule has 2 aliphatic rings. The molecule has 0 bridgehead atoms. The van der Waals surface area contributed by atoms with E-state index in [0.717, 1.165) is 18.7 Å². The summed E-state index contributed by atoms with van der Waals surface area (Å²) in [6.45, 7) is 5.38. The number of nitrogens with zero attached hydrogens (tertiary/aromatic N) is 2. The lowest BCUT2D eigenvalue weighted by atomic mass is 10.1. The van der Waals surface area contributed by atoms with Crippen LogP contribution < -0.4 is 10.9 Å². The van der Waals surface area contributed by atoms with Crippen molar-refractivity contribution in [2.45, 2.75) is 51.2 Å². The van der Waals surface area contributed by atoms with Crippen LogP contribution in [0, 0.1) is 0 Å². The van der Waals surface area contributed by atoms with Gasteiger partial charge in [-0.25, -0.2) is 0 Å². The Labute approximate surface area is 114 Å². The normalized spacial score (nSPS) is 26.6. The van der Waals surface area contributed by atoms with Crippen LogP contribution in [0.1, 0.15) is 32.6 Å². The van der Waals surface area contributed by atoms with E-state index >= 15 is 0 Å². The fourth-order valence-corrected chi connectivity index (χ4v) is 3.50. The van der Waals surface area contributed by atoms with Gasteiger partial charge >= 0.3 is 0 Å². The van der Waals surface area contributed by atoms with Crippen LogP contribution >= 0.6 is 0 Å². The van der Waals surface area contributed by atoms with Crippen molar-refractivity contribution in [2.75, 3.05) is 18.4 Å². The third kappa shape index (κ3) is 2.54. The number of rotatable bonds is 4. The first-order chi connectivity index (χ1) is 9.28. The van der Waals surface area contributed by atoms with E-state index in [-0.39, 0.29) is 5.56 Å². The van der Waals surface area contributed by atoms with Crippen LogP contribution in [0.15, 0.2) is 23.1 Å². The van der Waals surface area contributed by atoms with Crippen molar-refractivity contribution >= 4 is 5.69 Å². The van der Waals surface area contributed by atoms with E-state index in [4.69, 9.17) is 0 Å². The van der Waals surface area contributed by atoms with E-state index in [1.54, 1.807) is 6.07 Å². The zero-order valence-electron chi connectivity index (χ0n) is 11.6. The van der Waals surface area contributed by atoms with Crippen LogP contribution in [-0.2, 0) is 6.54 Å². The predicted octanol–water partition coefficient (Wildman–Crippen LogP) is 1.91. The van der Waals surface area contributed by atoms with Gasteiger partial charge in [-0.2, -0.15) is 0 Å². The molecule has 2 aliphatic heterocycles. The smallest absolute Gasteiger partial charge is 0.250 e. The minimum Gasteiger partial charge on any atom is -0.379 e. The summed E-state index contributed by atoms with van der Waals surface area (Å²) in [6, 6.07) is 4.85. The van der Waals surface area contributed by atoms with Crippen LogP contribution in [0.5, 0.6) is 0 Å². The minimum atomic E-state index is 0.0984. The molecule has 0 radical (unpaired) electrons. The number of hydrogen-bond acceptors (Lipinski definition) is 3. The zero-order valence-corrected chi connectivity index (χ0v) is 11.6. The first-order valence-corrected chi connectivity index (χ1v) is 7.49.